The normalized spacial score (nSPS) is 17.6. The van der Waals surface area contributed by atoms with E-state index >= 15 is 0 Å². The Balaban J connectivity index is 1.73. The highest BCUT2D eigenvalue weighted by Gasteiger charge is 2.20. The summed E-state index contributed by atoms with van der Waals surface area (Å²) in [5.41, 5.74) is 3.60. The van der Waals surface area contributed by atoms with Crippen LogP contribution in [0.15, 0.2) is 42.6 Å². The molecule has 19 heavy (non-hydrogen) atoms. The number of aryl methyl sites for hydroxylation is 1. The van der Waals surface area contributed by atoms with Crippen molar-refractivity contribution in [2.75, 3.05) is 6.61 Å². The molecule has 0 bridgehead atoms. The summed E-state index contributed by atoms with van der Waals surface area (Å²) in [6, 6.07) is 12.7. The van der Waals surface area contributed by atoms with Gasteiger partial charge < -0.3 is 10.1 Å². The van der Waals surface area contributed by atoms with Crippen LogP contribution in [0.25, 0.3) is 0 Å². The van der Waals surface area contributed by atoms with E-state index in [0.717, 1.165) is 31.0 Å². The fourth-order valence-electron chi connectivity index (χ4n) is 2.48. The number of hydrogen-bond donors (Lipinski definition) is 1. The summed E-state index contributed by atoms with van der Waals surface area (Å²) in [5, 5.41) is 3.59. The number of fused-ring (bicyclic) bond motifs is 1. The minimum absolute atomic E-state index is 0.353. The second-order valence-corrected chi connectivity index (χ2v) is 4.88. The van der Waals surface area contributed by atoms with Gasteiger partial charge in [-0.15, -0.1) is 0 Å². The molecule has 0 aliphatic carbocycles. The first-order valence-corrected chi connectivity index (χ1v) is 6.70. The molecule has 1 aromatic carbocycles. The van der Waals surface area contributed by atoms with Crippen LogP contribution in [-0.4, -0.2) is 11.6 Å². The molecule has 1 aromatic heterocycles. The Morgan fingerprint density at radius 3 is 3.05 bits per heavy atom. The minimum Gasteiger partial charge on any atom is -0.493 e. The van der Waals surface area contributed by atoms with Crippen molar-refractivity contribution in [2.45, 2.75) is 25.9 Å². The van der Waals surface area contributed by atoms with Gasteiger partial charge >= 0.3 is 0 Å². The third-order valence-electron chi connectivity index (χ3n) is 3.59. The Morgan fingerprint density at radius 1 is 1.26 bits per heavy atom. The Morgan fingerprint density at radius 2 is 2.16 bits per heavy atom. The van der Waals surface area contributed by atoms with Crippen LogP contribution in [0.1, 0.15) is 29.3 Å². The average Bonchev–Trinajstić information content (AvgIpc) is 2.46. The highest BCUT2D eigenvalue weighted by Crippen LogP contribution is 2.31. The van der Waals surface area contributed by atoms with Crippen LogP contribution in [0.3, 0.4) is 0 Å². The van der Waals surface area contributed by atoms with Crippen molar-refractivity contribution in [1.82, 2.24) is 10.3 Å². The number of pyridine rings is 1. The average molecular weight is 254 g/mol. The van der Waals surface area contributed by atoms with E-state index in [1.807, 2.05) is 24.4 Å². The van der Waals surface area contributed by atoms with Crippen LogP contribution in [0.2, 0.25) is 0 Å². The highest BCUT2D eigenvalue weighted by molar-refractivity contribution is 5.37. The zero-order valence-corrected chi connectivity index (χ0v) is 11.1. The molecule has 98 valence electrons. The van der Waals surface area contributed by atoms with Crippen molar-refractivity contribution in [1.29, 1.82) is 0 Å². The topological polar surface area (TPSA) is 34.2 Å². The maximum Gasteiger partial charge on any atom is 0.124 e. The number of para-hydroxylation sites is 1. The molecule has 0 radical (unpaired) electrons. The first kappa shape index (κ1) is 12.2. The summed E-state index contributed by atoms with van der Waals surface area (Å²) in [5.74, 6) is 1.00. The van der Waals surface area contributed by atoms with E-state index in [9.17, 15) is 0 Å². The van der Waals surface area contributed by atoms with Gasteiger partial charge in [-0.2, -0.15) is 0 Å². The van der Waals surface area contributed by atoms with E-state index in [2.05, 4.69) is 35.4 Å². The van der Waals surface area contributed by atoms with Crippen molar-refractivity contribution < 1.29 is 4.74 Å². The van der Waals surface area contributed by atoms with Gasteiger partial charge in [0.15, 0.2) is 0 Å². The lowest BCUT2D eigenvalue weighted by Gasteiger charge is -2.26. The molecule has 0 saturated carbocycles. The van der Waals surface area contributed by atoms with Crippen LogP contribution in [0, 0.1) is 6.92 Å². The number of nitrogens with one attached hydrogen (secondary N) is 1. The van der Waals surface area contributed by atoms with Gasteiger partial charge in [0.1, 0.15) is 5.75 Å². The minimum atomic E-state index is 0.353. The second-order valence-electron chi connectivity index (χ2n) is 4.88. The third kappa shape index (κ3) is 2.61. The van der Waals surface area contributed by atoms with Crippen LogP contribution >= 0.6 is 0 Å². The van der Waals surface area contributed by atoms with Crippen molar-refractivity contribution in [3.8, 4) is 5.75 Å². The second kappa shape index (κ2) is 5.41. The quantitative estimate of drug-likeness (QED) is 0.914. The lowest BCUT2D eigenvalue weighted by Crippen LogP contribution is -2.27. The van der Waals surface area contributed by atoms with E-state index in [1.165, 1.54) is 11.1 Å². The Hall–Kier alpha value is -1.87. The van der Waals surface area contributed by atoms with Gasteiger partial charge in [-0.3, -0.25) is 4.98 Å². The monoisotopic (exact) mass is 254 g/mol. The van der Waals surface area contributed by atoms with Crippen molar-refractivity contribution in [3.05, 3.63) is 59.4 Å². The maximum absolute atomic E-state index is 5.67. The summed E-state index contributed by atoms with van der Waals surface area (Å²) >= 11 is 0. The van der Waals surface area contributed by atoms with Gasteiger partial charge in [-0.1, -0.05) is 24.3 Å². The van der Waals surface area contributed by atoms with Crippen LogP contribution in [0.5, 0.6) is 5.75 Å². The van der Waals surface area contributed by atoms with E-state index in [4.69, 9.17) is 4.74 Å². The number of nitrogens with zero attached hydrogens (tertiary/aromatic N) is 1. The fourth-order valence-corrected chi connectivity index (χ4v) is 2.48. The van der Waals surface area contributed by atoms with Crippen molar-refractivity contribution in [3.63, 3.8) is 0 Å². The van der Waals surface area contributed by atoms with Crippen LogP contribution < -0.4 is 10.1 Å². The molecule has 3 rings (SSSR count). The van der Waals surface area contributed by atoms with Crippen molar-refractivity contribution >= 4 is 0 Å². The largest absolute Gasteiger partial charge is 0.493 e. The van der Waals surface area contributed by atoms with Gasteiger partial charge in [0.25, 0.3) is 0 Å². The zero-order chi connectivity index (χ0) is 13.1. The number of benzene rings is 1. The smallest absolute Gasteiger partial charge is 0.124 e. The van der Waals surface area contributed by atoms with Crippen LogP contribution in [0.4, 0.5) is 0 Å². The third-order valence-corrected chi connectivity index (χ3v) is 3.59. The molecule has 1 unspecified atom stereocenters. The Kier molecular flexibility index (Phi) is 3.47. The molecule has 0 saturated heterocycles. The standard InChI is InChI=1S/C16H18N2O/c1-12-5-4-9-17-15(12)11-18-14-8-10-19-16-7-3-2-6-13(14)16/h2-7,9,14,18H,8,10-11H2,1H3. The SMILES string of the molecule is Cc1cccnc1CNC1CCOc2ccccc21. The highest BCUT2D eigenvalue weighted by atomic mass is 16.5. The van der Waals surface area contributed by atoms with E-state index in [-0.39, 0.29) is 0 Å². The lowest BCUT2D eigenvalue weighted by molar-refractivity contribution is 0.252. The Bertz CT molecular complexity index is 568. The first-order chi connectivity index (χ1) is 9.34. The molecular weight excluding hydrogens is 236 g/mol. The number of aromatic nitrogens is 1. The van der Waals surface area contributed by atoms with Gasteiger partial charge in [-0.05, 0) is 24.6 Å². The number of rotatable bonds is 3. The molecular formula is C16H18N2O. The zero-order valence-electron chi connectivity index (χ0n) is 11.1. The van der Waals surface area contributed by atoms with Gasteiger partial charge in [-0.25, -0.2) is 0 Å². The Labute approximate surface area is 113 Å². The summed E-state index contributed by atoms with van der Waals surface area (Å²) in [6.07, 6.45) is 2.85. The van der Waals surface area contributed by atoms with Crippen molar-refractivity contribution in [2.24, 2.45) is 0 Å². The summed E-state index contributed by atoms with van der Waals surface area (Å²) in [6.45, 7) is 3.67. The molecule has 0 fully saturated rings. The molecule has 1 aliphatic heterocycles. The fraction of sp³-hybridized carbons (Fsp3) is 0.312. The summed E-state index contributed by atoms with van der Waals surface area (Å²) < 4.78 is 5.67. The van der Waals surface area contributed by atoms with E-state index in [0.29, 0.717) is 6.04 Å². The summed E-state index contributed by atoms with van der Waals surface area (Å²) in [7, 11) is 0. The number of ether oxygens (including phenoxy) is 1. The maximum atomic E-state index is 5.67. The predicted molar refractivity (Wildman–Crippen MR) is 75.1 cm³/mol. The van der Waals surface area contributed by atoms with Gasteiger partial charge in [0, 0.05) is 30.8 Å². The summed E-state index contributed by atoms with van der Waals surface area (Å²) in [4.78, 5) is 4.42. The van der Waals surface area contributed by atoms with Crippen LogP contribution in [-0.2, 0) is 6.54 Å². The molecule has 3 heteroatoms. The van der Waals surface area contributed by atoms with E-state index < -0.39 is 0 Å². The molecule has 3 nitrogen and oxygen atoms in total. The molecule has 1 atom stereocenters. The number of hydrogen-bond acceptors (Lipinski definition) is 3. The van der Waals surface area contributed by atoms with Gasteiger partial charge in [0.2, 0.25) is 0 Å². The first-order valence-electron chi connectivity index (χ1n) is 6.70. The predicted octanol–water partition coefficient (Wildman–Crippen LogP) is 3.00. The van der Waals surface area contributed by atoms with Gasteiger partial charge in [0.05, 0.1) is 12.3 Å². The molecule has 1 aliphatic rings. The molecule has 1 N–H and O–H groups in total. The molecule has 0 spiro atoms. The molecule has 2 heterocycles. The van der Waals surface area contributed by atoms with E-state index in [1.54, 1.807) is 0 Å². The lowest BCUT2D eigenvalue weighted by atomic mass is 10.0. The molecule has 2 aromatic rings. The molecule has 0 amide bonds.